The lowest BCUT2D eigenvalue weighted by Crippen LogP contribution is -2.65. The zero-order chi connectivity index (χ0) is 68.0. The van der Waals surface area contributed by atoms with E-state index in [2.05, 4.69) is 153 Å². The first-order chi connectivity index (χ1) is 46.1. The number of rotatable bonds is 59. The van der Waals surface area contributed by atoms with Gasteiger partial charge in [-0.3, -0.25) is 4.79 Å². The highest BCUT2D eigenvalue weighted by Gasteiger charge is 2.51. The molecular formula is C80H133NO13. The van der Waals surface area contributed by atoms with Gasteiger partial charge in [-0.15, -0.1) is 0 Å². The minimum Gasteiger partial charge on any atom is -0.394 e. The van der Waals surface area contributed by atoms with E-state index in [4.69, 9.17) is 18.9 Å². The molecule has 0 saturated carbocycles. The summed E-state index contributed by atoms with van der Waals surface area (Å²) in [6.07, 6.45) is 77.6. The lowest BCUT2D eigenvalue weighted by atomic mass is 9.97. The van der Waals surface area contributed by atoms with E-state index in [0.29, 0.717) is 12.8 Å². The summed E-state index contributed by atoms with van der Waals surface area (Å²) in [4.78, 5) is 13.3. The minimum absolute atomic E-state index is 0.253. The Morgan fingerprint density at radius 2 is 0.745 bits per heavy atom. The molecule has 536 valence electrons. The second-order valence-corrected chi connectivity index (χ2v) is 25.3. The van der Waals surface area contributed by atoms with E-state index in [-0.39, 0.29) is 18.9 Å². The largest absolute Gasteiger partial charge is 0.394 e. The molecular weight excluding hydrogens is 1180 g/mol. The maximum Gasteiger partial charge on any atom is 0.220 e. The van der Waals surface area contributed by atoms with Gasteiger partial charge in [-0.1, -0.05) is 282 Å². The van der Waals surface area contributed by atoms with Crippen molar-refractivity contribution in [1.82, 2.24) is 5.32 Å². The van der Waals surface area contributed by atoms with Crippen molar-refractivity contribution in [3.8, 4) is 0 Å². The Morgan fingerprint density at radius 1 is 0.394 bits per heavy atom. The van der Waals surface area contributed by atoms with Crippen molar-refractivity contribution in [2.75, 3.05) is 19.8 Å². The third-order valence-electron chi connectivity index (χ3n) is 17.0. The highest BCUT2D eigenvalue weighted by molar-refractivity contribution is 5.76. The molecule has 2 aliphatic rings. The summed E-state index contributed by atoms with van der Waals surface area (Å²) in [6.45, 7) is 2.66. The summed E-state index contributed by atoms with van der Waals surface area (Å²) in [5.74, 6) is -0.264. The van der Waals surface area contributed by atoms with Crippen molar-refractivity contribution in [1.29, 1.82) is 0 Å². The van der Waals surface area contributed by atoms with E-state index in [1.165, 1.54) is 109 Å². The van der Waals surface area contributed by atoms with E-state index in [0.717, 1.165) is 116 Å². The molecule has 2 saturated heterocycles. The van der Waals surface area contributed by atoms with Gasteiger partial charge in [-0.05, 0) is 116 Å². The monoisotopic (exact) mass is 1320 g/mol. The molecule has 14 nitrogen and oxygen atoms in total. The van der Waals surface area contributed by atoms with Crippen LogP contribution in [0.5, 0.6) is 0 Å². The summed E-state index contributed by atoms with van der Waals surface area (Å²) >= 11 is 0. The topological polar surface area (TPSA) is 228 Å². The summed E-state index contributed by atoms with van der Waals surface area (Å²) < 4.78 is 22.8. The standard InChI is InChI=1S/C80H133NO13/c1-3-5-7-9-11-13-15-17-19-21-23-25-27-28-29-30-31-32-33-34-35-36-37-38-39-40-42-44-46-48-50-52-54-56-58-60-62-64-72(85)81-68(67-91-79-77(90)75(88)78(71(66-83)93-79)94-80-76(89)74(87)73(86)70(65-82)92-80)69(84)63-61-59-57-55-53-51-49-47-45-43-41-26-24-22-20-18-16-14-12-10-8-6-4-2/h5,7,11,13,17,19,23,25,28-29,31-32,34-35,37-38,40,42,45,47,53,55,61,63,68-71,73-80,82-84,86-90H,3-4,6,8-10,12,14-16,18,20-22,24,26-27,30,33,36,39,41,43-44,46,48-52,54,56-60,62,64-67H2,1-2H3,(H,81,85)/b7-5-,13-11-,19-17-,25-23-,29-28-,32-31-,35-34-,38-37-,42-40-,47-45+,55-53+,63-61+. The number of carbonyl (C=O) groups excluding carboxylic acids is 1. The number of aliphatic hydroxyl groups excluding tert-OH is 8. The van der Waals surface area contributed by atoms with E-state index >= 15 is 0 Å². The number of unbranched alkanes of at least 4 members (excludes halogenated alkanes) is 24. The number of ether oxygens (including phenoxy) is 4. The molecule has 0 bridgehead atoms. The second kappa shape index (κ2) is 62.4. The molecule has 14 heteroatoms. The molecule has 0 aliphatic carbocycles. The van der Waals surface area contributed by atoms with Crippen molar-refractivity contribution in [3.05, 3.63) is 146 Å². The number of allylic oxidation sites excluding steroid dienone is 23. The van der Waals surface area contributed by atoms with Crippen LogP contribution in [0.1, 0.15) is 258 Å². The molecule has 12 unspecified atom stereocenters. The fraction of sp³-hybridized carbons (Fsp3) is 0.688. The quantitative estimate of drug-likeness (QED) is 0.0204. The van der Waals surface area contributed by atoms with Crippen molar-refractivity contribution in [3.63, 3.8) is 0 Å². The smallest absolute Gasteiger partial charge is 0.220 e. The van der Waals surface area contributed by atoms with E-state index < -0.39 is 86.8 Å². The van der Waals surface area contributed by atoms with Crippen molar-refractivity contribution in [2.45, 2.75) is 331 Å². The Bertz CT molecular complexity index is 2140. The Balaban J connectivity index is 1.68. The van der Waals surface area contributed by atoms with Crippen LogP contribution in [0.25, 0.3) is 0 Å². The summed E-state index contributed by atoms with van der Waals surface area (Å²) in [5, 5.41) is 87.5. The van der Waals surface area contributed by atoms with Crippen molar-refractivity contribution >= 4 is 5.91 Å². The van der Waals surface area contributed by atoms with Crippen LogP contribution in [0, 0.1) is 0 Å². The molecule has 2 heterocycles. The van der Waals surface area contributed by atoms with Crippen LogP contribution in [0.15, 0.2) is 146 Å². The van der Waals surface area contributed by atoms with Gasteiger partial charge in [0.05, 0.1) is 32.0 Å². The molecule has 2 fully saturated rings. The van der Waals surface area contributed by atoms with Crippen LogP contribution in [-0.2, 0) is 23.7 Å². The first-order valence-corrected chi connectivity index (χ1v) is 37.1. The molecule has 0 radical (unpaired) electrons. The third-order valence-corrected chi connectivity index (χ3v) is 17.0. The van der Waals surface area contributed by atoms with E-state index in [1.807, 2.05) is 6.08 Å². The maximum atomic E-state index is 13.3. The number of hydrogen-bond acceptors (Lipinski definition) is 13. The lowest BCUT2D eigenvalue weighted by molar-refractivity contribution is -0.359. The Morgan fingerprint density at radius 3 is 1.17 bits per heavy atom. The predicted molar refractivity (Wildman–Crippen MR) is 387 cm³/mol. The molecule has 0 spiro atoms. The van der Waals surface area contributed by atoms with Crippen LogP contribution in [-0.4, -0.2) is 140 Å². The van der Waals surface area contributed by atoms with Crippen LogP contribution in [0.4, 0.5) is 0 Å². The number of hydrogen-bond donors (Lipinski definition) is 9. The lowest BCUT2D eigenvalue weighted by Gasteiger charge is -2.46. The molecule has 94 heavy (non-hydrogen) atoms. The fourth-order valence-electron chi connectivity index (χ4n) is 11.1. The summed E-state index contributed by atoms with van der Waals surface area (Å²) in [5.41, 5.74) is 0. The van der Waals surface area contributed by atoms with Crippen LogP contribution < -0.4 is 5.32 Å². The third kappa shape index (κ3) is 45.4. The first-order valence-electron chi connectivity index (χ1n) is 37.1. The molecule has 0 aromatic rings. The SMILES string of the molecule is CC/C=C\C/C=C\C/C=C\C/C=C\C/C=C\C/C=C\C/C=C\C/C=C\C/C=C\CCCCCCCCCCCC(=O)NC(COC1OC(CO)C(OC2OC(CO)C(O)C(O)C2O)C(O)C1O)C(O)/C=C/CC/C=C/CC/C=C/CCCCCCCCCCCCCCC. The fourth-order valence-corrected chi connectivity index (χ4v) is 11.1. The van der Waals surface area contributed by atoms with E-state index in [9.17, 15) is 45.6 Å². The van der Waals surface area contributed by atoms with Crippen LogP contribution in [0.3, 0.4) is 0 Å². The van der Waals surface area contributed by atoms with Gasteiger partial charge in [0.25, 0.3) is 0 Å². The average Bonchev–Trinajstić information content (AvgIpc) is 0.794. The highest BCUT2D eigenvalue weighted by atomic mass is 16.7. The summed E-state index contributed by atoms with van der Waals surface area (Å²) in [7, 11) is 0. The number of amides is 1. The molecule has 9 N–H and O–H groups in total. The van der Waals surface area contributed by atoms with Crippen molar-refractivity contribution in [2.24, 2.45) is 0 Å². The van der Waals surface area contributed by atoms with Gasteiger partial charge in [0.15, 0.2) is 12.6 Å². The van der Waals surface area contributed by atoms with Gasteiger partial charge in [-0.25, -0.2) is 0 Å². The van der Waals surface area contributed by atoms with E-state index in [1.54, 1.807) is 6.08 Å². The molecule has 1 amide bonds. The normalized spacial score (nSPS) is 23.3. The van der Waals surface area contributed by atoms with Gasteiger partial charge in [0.1, 0.15) is 48.8 Å². The number of carbonyl (C=O) groups is 1. The van der Waals surface area contributed by atoms with Gasteiger partial charge in [0, 0.05) is 6.42 Å². The van der Waals surface area contributed by atoms with Gasteiger partial charge in [0.2, 0.25) is 5.91 Å². The van der Waals surface area contributed by atoms with Crippen LogP contribution >= 0.6 is 0 Å². The Labute approximate surface area is 570 Å². The van der Waals surface area contributed by atoms with Gasteiger partial charge < -0.3 is 65.1 Å². The number of aliphatic hydroxyl groups is 8. The maximum absolute atomic E-state index is 13.3. The number of nitrogens with one attached hydrogen (secondary N) is 1. The molecule has 2 aliphatic heterocycles. The average molecular weight is 1320 g/mol. The highest BCUT2D eigenvalue weighted by Crippen LogP contribution is 2.30. The summed E-state index contributed by atoms with van der Waals surface area (Å²) in [6, 6.07) is -0.953. The van der Waals surface area contributed by atoms with Gasteiger partial charge >= 0.3 is 0 Å². The second-order valence-electron chi connectivity index (χ2n) is 25.3. The zero-order valence-electron chi connectivity index (χ0n) is 58.4. The van der Waals surface area contributed by atoms with Crippen molar-refractivity contribution < 1.29 is 64.6 Å². The molecule has 0 aromatic carbocycles. The molecule has 2 rings (SSSR count). The zero-order valence-corrected chi connectivity index (χ0v) is 58.4. The predicted octanol–water partition coefficient (Wildman–Crippen LogP) is 16.0. The minimum atomic E-state index is -1.80. The van der Waals surface area contributed by atoms with Crippen LogP contribution in [0.2, 0.25) is 0 Å². The first kappa shape index (κ1) is 86.0. The molecule has 0 aromatic heterocycles. The Hall–Kier alpha value is -4.13. The Kier molecular flexibility index (Phi) is 57.1. The molecule has 12 atom stereocenters. The van der Waals surface area contributed by atoms with Gasteiger partial charge in [-0.2, -0.15) is 0 Å².